The number of nitro groups is 1. The summed E-state index contributed by atoms with van der Waals surface area (Å²) in [5.74, 6) is 0.639. The van der Waals surface area contributed by atoms with E-state index in [2.05, 4.69) is 4.99 Å². The molecule has 11 nitrogen and oxygen atoms in total. The van der Waals surface area contributed by atoms with Crippen LogP contribution in [0, 0.1) is 10.1 Å². The molecule has 0 saturated carbocycles. The van der Waals surface area contributed by atoms with Crippen LogP contribution in [0.3, 0.4) is 0 Å². The highest BCUT2D eigenvalue weighted by molar-refractivity contribution is 7.07. The average molecular weight is 755 g/mol. The van der Waals surface area contributed by atoms with Crippen LogP contribution in [0.25, 0.3) is 17.4 Å². The molecule has 5 aromatic rings. The second-order valence-corrected chi connectivity index (χ2v) is 13.1. The fourth-order valence-electron chi connectivity index (χ4n) is 5.36. The first kappa shape index (κ1) is 35.0. The number of hydrogen-bond acceptors (Lipinski definition) is 10. The Labute approximate surface area is 303 Å². The molecule has 0 aliphatic carbocycles. The van der Waals surface area contributed by atoms with E-state index in [-0.39, 0.29) is 46.6 Å². The number of benzene rings is 3. The van der Waals surface area contributed by atoms with Crippen LogP contribution in [-0.4, -0.2) is 29.2 Å². The van der Waals surface area contributed by atoms with Gasteiger partial charge in [0.05, 0.1) is 39.5 Å². The van der Waals surface area contributed by atoms with Gasteiger partial charge in [-0.3, -0.25) is 19.5 Å². The molecule has 2 aromatic heterocycles. The molecule has 0 spiro atoms. The number of non-ortho nitro benzene ring substituents is 1. The van der Waals surface area contributed by atoms with Crippen molar-refractivity contribution in [1.82, 2.24) is 4.57 Å². The van der Waals surface area contributed by atoms with E-state index in [0.717, 1.165) is 16.9 Å². The maximum absolute atomic E-state index is 14.1. The molecule has 6 rings (SSSR count). The molecule has 15 heteroatoms. The molecule has 1 atom stereocenters. The fraction of sp³-hybridized carbons (Fsp3) is 0.171. The van der Waals surface area contributed by atoms with Crippen LogP contribution in [0.5, 0.6) is 11.5 Å². The lowest BCUT2D eigenvalue weighted by Gasteiger charge is -2.22. The second kappa shape index (κ2) is 14.5. The predicted molar refractivity (Wildman–Crippen MR) is 190 cm³/mol. The third-order valence-corrected chi connectivity index (χ3v) is 9.62. The monoisotopic (exact) mass is 753 g/mol. The smallest absolute Gasteiger partial charge is 0.338 e. The van der Waals surface area contributed by atoms with E-state index in [4.69, 9.17) is 53.4 Å². The van der Waals surface area contributed by atoms with Crippen LogP contribution in [0.2, 0.25) is 15.1 Å². The lowest BCUT2D eigenvalue weighted by Crippen LogP contribution is -2.39. The van der Waals surface area contributed by atoms with E-state index in [0.29, 0.717) is 42.1 Å². The van der Waals surface area contributed by atoms with Crippen molar-refractivity contribution in [3.05, 3.63) is 140 Å². The molecular formula is C35H26Cl3N3O8S. The van der Waals surface area contributed by atoms with Crippen molar-refractivity contribution in [2.24, 2.45) is 4.99 Å². The van der Waals surface area contributed by atoms with Gasteiger partial charge >= 0.3 is 5.97 Å². The molecule has 1 aliphatic rings. The Morgan fingerprint density at radius 2 is 1.86 bits per heavy atom. The first-order valence-corrected chi connectivity index (χ1v) is 16.9. The molecule has 0 N–H and O–H groups in total. The molecule has 0 radical (unpaired) electrons. The van der Waals surface area contributed by atoms with Crippen molar-refractivity contribution in [3.8, 4) is 22.8 Å². The van der Waals surface area contributed by atoms with Gasteiger partial charge in [-0.05, 0) is 68.0 Å². The summed E-state index contributed by atoms with van der Waals surface area (Å²) in [7, 11) is 1.51. The van der Waals surface area contributed by atoms with Crippen LogP contribution in [0.1, 0.15) is 36.8 Å². The van der Waals surface area contributed by atoms with Gasteiger partial charge in [-0.1, -0.05) is 58.3 Å². The van der Waals surface area contributed by atoms with Gasteiger partial charge in [-0.25, -0.2) is 9.79 Å². The number of thiazole rings is 1. The molecule has 1 aliphatic heterocycles. The van der Waals surface area contributed by atoms with Gasteiger partial charge in [0, 0.05) is 33.3 Å². The number of furan rings is 1. The van der Waals surface area contributed by atoms with E-state index in [1.54, 1.807) is 68.5 Å². The van der Waals surface area contributed by atoms with Crippen LogP contribution < -0.4 is 24.4 Å². The highest BCUT2D eigenvalue weighted by atomic mass is 35.5. The molecule has 256 valence electrons. The lowest BCUT2D eigenvalue weighted by atomic mass is 10.0. The maximum Gasteiger partial charge on any atom is 0.338 e. The summed E-state index contributed by atoms with van der Waals surface area (Å²) in [6.07, 6.45) is 1.68. The minimum Gasteiger partial charge on any atom is -0.493 e. The van der Waals surface area contributed by atoms with E-state index in [9.17, 15) is 19.7 Å². The Morgan fingerprint density at radius 3 is 2.58 bits per heavy atom. The van der Waals surface area contributed by atoms with E-state index >= 15 is 0 Å². The highest BCUT2D eigenvalue weighted by Crippen LogP contribution is 2.37. The number of esters is 1. The van der Waals surface area contributed by atoms with Gasteiger partial charge in [-0.2, -0.15) is 0 Å². The Kier molecular flexibility index (Phi) is 10.2. The normalized spacial score (nSPS) is 14.3. The third-order valence-electron chi connectivity index (χ3n) is 7.72. The Hall–Kier alpha value is -4.88. The predicted octanol–water partition coefficient (Wildman–Crippen LogP) is 7.51. The molecular weight excluding hydrogens is 729 g/mol. The number of ether oxygens (including phenoxy) is 3. The number of allylic oxidation sites excluding steroid dienone is 1. The summed E-state index contributed by atoms with van der Waals surface area (Å²) in [5, 5.41) is 12.6. The minimum atomic E-state index is -1.05. The van der Waals surface area contributed by atoms with E-state index in [1.165, 1.54) is 29.9 Å². The van der Waals surface area contributed by atoms with Crippen molar-refractivity contribution >= 4 is 63.9 Å². The second-order valence-electron chi connectivity index (χ2n) is 10.9. The molecule has 0 fully saturated rings. The number of carbonyl (C=O) groups excluding carboxylic acids is 1. The first-order chi connectivity index (χ1) is 24.0. The van der Waals surface area contributed by atoms with Crippen LogP contribution in [0.4, 0.5) is 5.69 Å². The van der Waals surface area contributed by atoms with Gasteiger partial charge in [-0.15, -0.1) is 0 Å². The number of hydrogen-bond donors (Lipinski definition) is 0. The van der Waals surface area contributed by atoms with Gasteiger partial charge in [0.1, 0.15) is 24.2 Å². The quantitative estimate of drug-likeness (QED) is 0.0812. The van der Waals surface area contributed by atoms with Gasteiger partial charge in [0.25, 0.3) is 11.2 Å². The molecule has 3 aromatic carbocycles. The largest absolute Gasteiger partial charge is 0.493 e. The summed E-state index contributed by atoms with van der Waals surface area (Å²) in [5.41, 5.74) is 1.50. The van der Waals surface area contributed by atoms with Crippen molar-refractivity contribution in [2.45, 2.75) is 26.5 Å². The number of aromatic nitrogens is 1. The molecule has 50 heavy (non-hydrogen) atoms. The number of fused-ring (bicyclic) bond motifs is 1. The first-order valence-electron chi connectivity index (χ1n) is 15.0. The van der Waals surface area contributed by atoms with Gasteiger partial charge in [0.2, 0.25) is 0 Å². The van der Waals surface area contributed by atoms with E-state index in [1.807, 2.05) is 0 Å². The topological polar surface area (TPSA) is 135 Å². The lowest BCUT2D eigenvalue weighted by molar-refractivity contribution is -0.384. The number of rotatable bonds is 10. The molecule has 0 bridgehead atoms. The Morgan fingerprint density at radius 1 is 1.06 bits per heavy atom. The van der Waals surface area contributed by atoms with Crippen molar-refractivity contribution < 1.29 is 28.3 Å². The van der Waals surface area contributed by atoms with Gasteiger partial charge < -0.3 is 18.6 Å². The highest BCUT2D eigenvalue weighted by Gasteiger charge is 2.35. The Bertz CT molecular complexity index is 2380. The number of nitro benzene ring substituents is 1. The summed E-state index contributed by atoms with van der Waals surface area (Å²) < 4.78 is 24.8. The minimum absolute atomic E-state index is 0.0910. The summed E-state index contributed by atoms with van der Waals surface area (Å²) in [4.78, 5) is 43.2. The SMILES string of the molecule is CCOC(=O)C1=C(C)N=c2s/c(=C\c3ccc(OCc4ccc(Cl)cc4Cl)c(OC)c3)c(=O)n2[C@@H]1c1ccc(-c2cc([N+](=O)[O-])ccc2Cl)o1. The zero-order valence-corrected chi connectivity index (χ0v) is 29.7. The fourth-order valence-corrected chi connectivity index (χ4v) is 7.08. The van der Waals surface area contributed by atoms with E-state index < -0.39 is 22.5 Å². The van der Waals surface area contributed by atoms with Gasteiger partial charge in [0.15, 0.2) is 16.3 Å². The number of nitrogens with zero attached hydrogens (tertiary/aromatic N) is 3. The van der Waals surface area contributed by atoms with Crippen LogP contribution in [0.15, 0.2) is 92.2 Å². The van der Waals surface area contributed by atoms with Crippen molar-refractivity contribution in [3.63, 3.8) is 0 Å². The zero-order valence-electron chi connectivity index (χ0n) is 26.6. The summed E-state index contributed by atoms with van der Waals surface area (Å²) in [6.45, 7) is 3.59. The van der Waals surface area contributed by atoms with Crippen molar-refractivity contribution in [1.29, 1.82) is 0 Å². The molecule has 3 heterocycles. The summed E-state index contributed by atoms with van der Waals surface area (Å²) >= 11 is 19.8. The molecule has 0 saturated heterocycles. The number of methoxy groups -OCH3 is 1. The van der Waals surface area contributed by atoms with Crippen LogP contribution in [-0.2, 0) is 16.1 Å². The molecule has 0 unspecified atom stereocenters. The maximum atomic E-state index is 14.1. The number of halogens is 3. The zero-order chi connectivity index (χ0) is 35.7. The Balaban J connectivity index is 1.40. The average Bonchev–Trinajstić information content (AvgIpc) is 3.68. The molecule has 0 amide bonds. The third kappa shape index (κ3) is 6.92. The number of carbonyl (C=O) groups is 1. The summed E-state index contributed by atoms with van der Waals surface area (Å²) in [6, 6.07) is 16.4. The standard InChI is InChI=1S/C35H26Cl3N3O8S/c1-4-47-34(43)31-18(2)39-35-40(32(31)28-12-11-26(49-28)23-16-22(41(44)45)8-9-24(23)37)33(42)30(50-35)14-19-5-10-27(29(13-19)46-3)48-17-20-6-7-21(36)15-25(20)38/h5-16,32H,4,17H2,1-3H3/b30-14-/t32-/m1/s1. The van der Waals surface area contributed by atoms with Crippen LogP contribution >= 0.6 is 46.1 Å². The van der Waals surface area contributed by atoms with Crippen molar-refractivity contribution in [2.75, 3.05) is 13.7 Å².